The lowest BCUT2D eigenvalue weighted by Gasteiger charge is -2.45. The van der Waals surface area contributed by atoms with Crippen molar-refractivity contribution in [3.05, 3.63) is 12.2 Å². The minimum absolute atomic E-state index is 0.141. The van der Waals surface area contributed by atoms with Crippen molar-refractivity contribution < 1.29 is 19.4 Å². The van der Waals surface area contributed by atoms with Crippen LogP contribution in [0.3, 0.4) is 0 Å². The predicted molar refractivity (Wildman–Crippen MR) is 68.2 cm³/mol. The van der Waals surface area contributed by atoms with Gasteiger partial charge in [-0.1, -0.05) is 12.2 Å². The summed E-state index contributed by atoms with van der Waals surface area (Å²) in [4.78, 5) is 23.6. The molecule has 1 saturated heterocycles. The fraction of sp³-hybridized carbons (Fsp3) is 0.733. The molecule has 3 aliphatic rings. The van der Waals surface area contributed by atoms with Crippen LogP contribution in [0.5, 0.6) is 0 Å². The maximum Gasteiger partial charge on any atom is 0.309 e. The number of rotatable bonds is 1. The molecule has 104 valence electrons. The second kappa shape index (κ2) is 4.36. The van der Waals surface area contributed by atoms with Crippen LogP contribution in [0.25, 0.3) is 0 Å². The molecular formula is C15H20O4. The smallest absolute Gasteiger partial charge is 0.309 e. The third kappa shape index (κ3) is 1.88. The highest BCUT2D eigenvalue weighted by molar-refractivity contribution is 5.79. The van der Waals surface area contributed by atoms with E-state index in [4.69, 9.17) is 4.74 Å². The molecule has 4 heteroatoms. The van der Waals surface area contributed by atoms with E-state index in [2.05, 4.69) is 6.58 Å². The van der Waals surface area contributed by atoms with Crippen LogP contribution in [-0.4, -0.2) is 23.1 Å². The fourth-order valence-corrected chi connectivity index (χ4v) is 4.55. The molecule has 0 aromatic rings. The monoisotopic (exact) mass is 264 g/mol. The molecule has 1 N–H and O–H groups in total. The zero-order valence-electron chi connectivity index (χ0n) is 11.2. The van der Waals surface area contributed by atoms with Gasteiger partial charge < -0.3 is 9.84 Å². The molecule has 4 nitrogen and oxygen atoms in total. The topological polar surface area (TPSA) is 63.6 Å². The SMILES string of the molecule is C=C1CC[C@H]2C(C(=O)O)[C@@H]3[C@@H](C)OC(=O)[C@@H]3C[C@@H]2C1. The van der Waals surface area contributed by atoms with Crippen LogP contribution < -0.4 is 0 Å². The Hall–Kier alpha value is -1.32. The van der Waals surface area contributed by atoms with Crippen LogP contribution in [0, 0.1) is 29.6 Å². The maximum absolute atomic E-state index is 11.9. The molecule has 6 atom stereocenters. The lowest BCUT2D eigenvalue weighted by Crippen LogP contribution is -2.47. The Morgan fingerprint density at radius 1 is 1.47 bits per heavy atom. The normalized spacial score (nSPS) is 45.3. The number of aliphatic carboxylic acids is 1. The highest BCUT2D eigenvalue weighted by atomic mass is 16.6. The Kier molecular flexibility index (Phi) is 2.91. The standard InChI is InChI=1S/C15H20O4/c1-7-3-4-10-9(5-7)6-11-12(13(10)14(16)17)8(2)19-15(11)18/h8-13H,1,3-6H2,2H3,(H,16,17)/t8-,9+,10-,11-,12-,13?/m1/s1. The van der Waals surface area contributed by atoms with E-state index in [-0.39, 0.29) is 29.8 Å². The van der Waals surface area contributed by atoms with Gasteiger partial charge in [0.2, 0.25) is 0 Å². The summed E-state index contributed by atoms with van der Waals surface area (Å²) in [6.45, 7) is 5.86. The number of carboxylic acids is 1. The minimum atomic E-state index is -0.762. The number of esters is 1. The molecule has 1 unspecified atom stereocenters. The number of cyclic esters (lactones) is 1. The molecular weight excluding hydrogens is 244 g/mol. The summed E-state index contributed by atoms with van der Waals surface area (Å²) >= 11 is 0. The first-order valence-electron chi connectivity index (χ1n) is 7.09. The molecule has 0 amide bonds. The number of ether oxygens (including phenoxy) is 1. The quantitative estimate of drug-likeness (QED) is 0.582. The average molecular weight is 264 g/mol. The molecule has 3 rings (SSSR count). The van der Waals surface area contributed by atoms with Crippen molar-refractivity contribution in [3.8, 4) is 0 Å². The van der Waals surface area contributed by atoms with Crippen LogP contribution in [0.4, 0.5) is 0 Å². The van der Waals surface area contributed by atoms with E-state index in [9.17, 15) is 14.7 Å². The van der Waals surface area contributed by atoms with Crippen molar-refractivity contribution in [2.75, 3.05) is 0 Å². The summed E-state index contributed by atoms with van der Waals surface area (Å²) in [7, 11) is 0. The molecule has 2 aliphatic carbocycles. The third-order valence-corrected chi connectivity index (χ3v) is 5.32. The summed E-state index contributed by atoms with van der Waals surface area (Å²) in [5, 5.41) is 9.60. The lowest BCUT2D eigenvalue weighted by molar-refractivity contribution is -0.152. The largest absolute Gasteiger partial charge is 0.481 e. The van der Waals surface area contributed by atoms with Crippen LogP contribution in [0.2, 0.25) is 0 Å². The highest BCUT2D eigenvalue weighted by Crippen LogP contribution is 2.53. The number of hydrogen-bond donors (Lipinski definition) is 1. The molecule has 1 aliphatic heterocycles. The van der Waals surface area contributed by atoms with E-state index in [1.54, 1.807) is 0 Å². The van der Waals surface area contributed by atoms with Gasteiger partial charge in [-0.3, -0.25) is 9.59 Å². The van der Waals surface area contributed by atoms with Crippen molar-refractivity contribution in [3.63, 3.8) is 0 Å². The number of carbonyl (C=O) groups is 2. The first-order chi connectivity index (χ1) is 8.99. The molecule has 0 aromatic carbocycles. The molecule has 0 aromatic heterocycles. The van der Waals surface area contributed by atoms with Gasteiger partial charge in [-0.15, -0.1) is 0 Å². The van der Waals surface area contributed by atoms with Crippen LogP contribution >= 0.6 is 0 Å². The highest BCUT2D eigenvalue weighted by Gasteiger charge is 2.57. The summed E-state index contributed by atoms with van der Waals surface area (Å²) < 4.78 is 5.30. The molecule has 3 fully saturated rings. The number of fused-ring (bicyclic) bond motifs is 2. The van der Waals surface area contributed by atoms with E-state index in [1.165, 1.54) is 5.57 Å². The van der Waals surface area contributed by atoms with Gasteiger partial charge >= 0.3 is 11.9 Å². The van der Waals surface area contributed by atoms with Gasteiger partial charge in [-0.2, -0.15) is 0 Å². The molecule has 1 heterocycles. The van der Waals surface area contributed by atoms with Gasteiger partial charge in [0.1, 0.15) is 6.10 Å². The van der Waals surface area contributed by atoms with E-state index in [0.29, 0.717) is 5.92 Å². The van der Waals surface area contributed by atoms with Crippen molar-refractivity contribution in [1.29, 1.82) is 0 Å². The van der Waals surface area contributed by atoms with Gasteiger partial charge in [0.05, 0.1) is 11.8 Å². The van der Waals surface area contributed by atoms with E-state index in [0.717, 1.165) is 25.7 Å². The second-order valence-electron chi connectivity index (χ2n) is 6.34. The minimum Gasteiger partial charge on any atom is -0.481 e. The van der Waals surface area contributed by atoms with Crippen molar-refractivity contribution in [2.45, 2.75) is 38.7 Å². The predicted octanol–water partition coefficient (Wildman–Crippen LogP) is 2.24. The fourth-order valence-electron chi connectivity index (χ4n) is 4.55. The average Bonchev–Trinajstić information content (AvgIpc) is 2.61. The van der Waals surface area contributed by atoms with E-state index in [1.807, 2.05) is 6.92 Å². The van der Waals surface area contributed by atoms with Gasteiger partial charge in [0.15, 0.2) is 0 Å². The Balaban J connectivity index is 1.95. The van der Waals surface area contributed by atoms with Crippen LogP contribution in [-0.2, 0) is 14.3 Å². The molecule has 0 spiro atoms. The Bertz CT molecular complexity index is 441. The van der Waals surface area contributed by atoms with Gasteiger partial charge in [0, 0.05) is 5.92 Å². The second-order valence-corrected chi connectivity index (χ2v) is 6.34. The lowest BCUT2D eigenvalue weighted by atomic mass is 9.57. The molecule has 2 saturated carbocycles. The van der Waals surface area contributed by atoms with E-state index < -0.39 is 11.9 Å². The van der Waals surface area contributed by atoms with Crippen LogP contribution in [0.15, 0.2) is 12.2 Å². The van der Waals surface area contributed by atoms with Crippen molar-refractivity contribution in [1.82, 2.24) is 0 Å². The molecule has 0 bridgehead atoms. The summed E-state index contributed by atoms with van der Waals surface area (Å²) in [5.74, 6) is -1.28. The summed E-state index contributed by atoms with van der Waals surface area (Å²) in [6, 6.07) is 0. The van der Waals surface area contributed by atoms with Crippen LogP contribution in [0.1, 0.15) is 32.6 Å². The van der Waals surface area contributed by atoms with Crippen molar-refractivity contribution in [2.24, 2.45) is 29.6 Å². The zero-order valence-corrected chi connectivity index (χ0v) is 11.2. The zero-order chi connectivity index (χ0) is 13.7. The maximum atomic E-state index is 11.9. The first-order valence-corrected chi connectivity index (χ1v) is 7.09. The number of carboxylic acid groups (broad SMARTS) is 1. The number of hydrogen-bond acceptors (Lipinski definition) is 3. The van der Waals surface area contributed by atoms with Gasteiger partial charge in [-0.25, -0.2) is 0 Å². The number of allylic oxidation sites excluding steroid dienone is 1. The summed E-state index contributed by atoms with van der Waals surface area (Å²) in [5.41, 5.74) is 1.20. The Morgan fingerprint density at radius 3 is 2.89 bits per heavy atom. The van der Waals surface area contributed by atoms with Gasteiger partial charge in [-0.05, 0) is 44.4 Å². The van der Waals surface area contributed by atoms with E-state index >= 15 is 0 Å². The Labute approximate surface area is 112 Å². The van der Waals surface area contributed by atoms with Gasteiger partial charge in [0.25, 0.3) is 0 Å². The van der Waals surface area contributed by atoms with Crippen molar-refractivity contribution >= 4 is 11.9 Å². The molecule has 19 heavy (non-hydrogen) atoms. The summed E-state index contributed by atoms with van der Waals surface area (Å²) in [6.07, 6.45) is 3.21. The number of carbonyl (C=O) groups excluding carboxylic acids is 1. The molecule has 0 radical (unpaired) electrons. The third-order valence-electron chi connectivity index (χ3n) is 5.32. The first kappa shape index (κ1) is 12.7. The Morgan fingerprint density at radius 2 is 2.21 bits per heavy atom.